The summed E-state index contributed by atoms with van der Waals surface area (Å²) in [6, 6.07) is 0. The second kappa shape index (κ2) is 54.0. The quantitative estimate of drug-likeness (QED) is 0.0382. The number of aliphatic hydroxyl groups is 48. The van der Waals surface area contributed by atoms with Crippen LogP contribution in [0.5, 0.6) is 0 Å². The summed E-state index contributed by atoms with van der Waals surface area (Å²) >= 11 is 0. The molecule has 0 bridgehead atoms. The van der Waals surface area contributed by atoms with E-state index in [2.05, 4.69) is 0 Å². The number of aliphatic hydroxyl groups excluding tert-OH is 45. The molecule has 0 amide bonds. The molecule has 57 atom stereocenters. The molecule has 66 heteroatoms. The van der Waals surface area contributed by atoms with Crippen molar-refractivity contribution in [2.45, 2.75) is 349 Å². The van der Waals surface area contributed by atoms with Crippen molar-refractivity contribution < 1.29 is 330 Å². The lowest BCUT2D eigenvalue weighted by molar-refractivity contribution is -0.387. The predicted octanol–water partition coefficient (Wildman–Crippen LogP) is -32.4. The molecule has 0 saturated carbocycles. The Balaban J connectivity index is 0.000000225. The van der Waals surface area contributed by atoms with Gasteiger partial charge >= 0.3 is 0 Å². The molecule has 12 aliphatic heterocycles. The van der Waals surface area contributed by atoms with Gasteiger partial charge in [0.1, 0.15) is 275 Å². The molecule has 12 fully saturated rings. The average Bonchev–Trinajstić information content (AvgIpc) is 1.39. The van der Waals surface area contributed by atoms with Gasteiger partial charge in [-0.2, -0.15) is 0 Å². The number of rotatable bonds is 26. The van der Waals surface area contributed by atoms with Crippen molar-refractivity contribution in [2.75, 3.05) is 99.1 Å². The second-order valence-electron chi connectivity index (χ2n) is 33.4. The lowest BCUT2D eigenvalue weighted by Crippen LogP contribution is -2.67. The van der Waals surface area contributed by atoms with Crippen molar-refractivity contribution in [1.82, 2.24) is 0 Å². The van der Waals surface area contributed by atoms with Gasteiger partial charge in [-0.1, -0.05) is 0 Å². The average molecular weight is 2050 g/mol. The van der Waals surface area contributed by atoms with E-state index in [-0.39, 0.29) is 0 Å². The standard InChI is InChI=1S/6C12H22O11/c13-1-5-7(17)8(18)9(19)11(22-5)23-10-6(16)4(15)2-21-12(10,20)3-14;13-1-4-6(16)7(17)8(18)11(21-4)22-9-5(2-14)23-12(20,3-15)10(9)19;13-1-4-6(15)8(17)9(18)11(22-4)21-2-5-7(16)10(19)12(20,3-14)23-5;13-1-3-5(15)6(16)9(19)12(22-3)23-10-4(2-14)21-11(20)8(18)7(10)17;2*13-1-3-5(15)7(17)8(18)12(22-3)23-10-6(16)4(2-14)21-11(20)9(10)19/h3*4-11,13-20H,1-3H2;3*3-20H,1-2H2/t4-,5?,6+,7-,8+,9?,10?,11-,12+;4?,5-,6+,7+,8?,9+,10+,11+,12-;4?,5-,6-,7+,8+,9?,10+,11+,12-;3?,4-,5-,6-,7?,8?,9?,10+,11+,12-;3?,4?,5-,6-,7-,8-,9-,10-,11?,12?;/m11100./s1. The normalized spacial score (nSPS) is 51.5. The maximum atomic E-state index is 10.1. The summed E-state index contributed by atoms with van der Waals surface area (Å²) in [5.74, 6) is -7.09. The SMILES string of the molecule is OCC1OC(OC2C(O)C(O)OC(CO)C2O)C(O)C(O)C1O.OCC1OC(O[C@@H]2[C@H](O)C(O)OC(CO)[C@@H]2O)[C@@H](O)[C@@H](O)[C@H]1O.OCC1O[C@@H](O[C@H]2C(O)C(O)[C@H](O)O[C@H]2CO)C(O)[C@@H](O)[C@H]1O.OCC1O[C@@H](O[C@H]2[C@@H](CO)O[C@](O)(CO)[C@H]2O)C(O)[C@@H](O)[C@H]1O.OCC1O[C@H](OC2[C@@H](O)[C@H](O)CO[C@@]2(O)CO)C(O)[C@@H](O)[C@@H]1O.OCC1O[C@H](OC[C@H]2O[C@](O)(CO)[C@@H](O)[C@H]2O)C(O)[C@@H](O)[C@@H]1O. The van der Waals surface area contributed by atoms with Crippen LogP contribution in [-0.4, -0.2) is 693 Å². The van der Waals surface area contributed by atoms with E-state index >= 15 is 0 Å². The van der Waals surface area contributed by atoms with E-state index in [1.165, 1.54) is 0 Å². The fraction of sp³-hybridized carbons (Fsp3) is 1.00. The molecule has 0 spiro atoms. The zero-order valence-electron chi connectivity index (χ0n) is 72.1. The summed E-state index contributed by atoms with van der Waals surface area (Å²) in [6.45, 7) is -10.5. The van der Waals surface area contributed by atoms with E-state index in [1.807, 2.05) is 0 Å². The van der Waals surface area contributed by atoms with Gasteiger partial charge in [-0.3, -0.25) is 0 Å². The summed E-state index contributed by atoms with van der Waals surface area (Å²) in [7, 11) is 0. The lowest BCUT2D eigenvalue weighted by Gasteiger charge is -2.47. The second-order valence-corrected chi connectivity index (χ2v) is 33.4. The van der Waals surface area contributed by atoms with E-state index < -0.39 is 448 Å². The number of ether oxygens (including phenoxy) is 18. The molecule has 0 aromatic rings. The molecule has 66 nitrogen and oxygen atoms in total. The molecule has 0 aliphatic carbocycles. The van der Waals surface area contributed by atoms with Crippen molar-refractivity contribution >= 4 is 0 Å². The van der Waals surface area contributed by atoms with Crippen LogP contribution in [0.3, 0.4) is 0 Å². The Morgan fingerprint density at radius 1 is 0.203 bits per heavy atom. The van der Waals surface area contributed by atoms with E-state index in [9.17, 15) is 194 Å². The summed E-state index contributed by atoms with van der Waals surface area (Å²) in [5.41, 5.74) is 0. The molecule has 816 valence electrons. The maximum absolute atomic E-state index is 10.1. The van der Waals surface area contributed by atoms with Crippen molar-refractivity contribution in [3.05, 3.63) is 0 Å². The molecular formula is C72H132O66. The van der Waals surface area contributed by atoms with Gasteiger partial charge in [0, 0.05) is 0 Å². The molecular weight excluding hydrogens is 1920 g/mol. The summed E-state index contributed by atoms with van der Waals surface area (Å²) in [4.78, 5) is 0. The number of hydrogen-bond acceptors (Lipinski definition) is 66. The van der Waals surface area contributed by atoms with Gasteiger partial charge in [0.15, 0.2) is 56.6 Å². The first-order valence-corrected chi connectivity index (χ1v) is 42.4. The first-order valence-electron chi connectivity index (χ1n) is 42.4. The van der Waals surface area contributed by atoms with Crippen LogP contribution in [-0.2, 0) is 85.3 Å². The molecule has 12 saturated heterocycles. The molecule has 12 heterocycles. The smallest absolute Gasteiger partial charge is 0.219 e. The Morgan fingerprint density at radius 3 is 0.775 bits per heavy atom. The minimum Gasteiger partial charge on any atom is -0.394 e. The highest BCUT2D eigenvalue weighted by Crippen LogP contribution is 2.39. The minimum atomic E-state index is -2.38. The van der Waals surface area contributed by atoms with Crippen molar-refractivity contribution in [2.24, 2.45) is 0 Å². The van der Waals surface area contributed by atoms with Crippen LogP contribution in [0, 0.1) is 0 Å². The third kappa shape index (κ3) is 27.9. The van der Waals surface area contributed by atoms with Crippen molar-refractivity contribution in [1.29, 1.82) is 0 Å². The first kappa shape index (κ1) is 122. The Morgan fingerprint density at radius 2 is 0.464 bits per heavy atom. The van der Waals surface area contributed by atoms with Crippen LogP contribution >= 0.6 is 0 Å². The molecule has 25 unspecified atom stereocenters. The van der Waals surface area contributed by atoms with Gasteiger partial charge in [-0.25, -0.2) is 0 Å². The van der Waals surface area contributed by atoms with Gasteiger partial charge in [0.05, 0.1) is 99.1 Å². The van der Waals surface area contributed by atoms with Gasteiger partial charge < -0.3 is 330 Å². The van der Waals surface area contributed by atoms with Crippen molar-refractivity contribution in [3.63, 3.8) is 0 Å². The van der Waals surface area contributed by atoms with Crippen LogP contribution in [0.25, 0.3) is 0 Å². The highest BCUT2D eigenvalue weighted by Gasteiger charge is 2.61. The Bertz CT molecular complexity index is 3230. The third-order valence-corrected chi connectivity index (χ3v) is 24.0. The summed E-state index contributed by atoms with van der Waals surface area (Å²) in [6.07, 6.45) is -84.0. The zero-order chi connectivity index (χ0) is 104. The molecule has 12 aliphatic rings. The zero-order valence-corrected chi connectivity index (χ0v) is 72.1. The highest BCUT2D eigenvalue weighted by atomic mass is 16.8. The Hall–Kier alpha value is -2.64. The molecule has 12 rings (SSSR count). The van der Waals surface area contributed by atoms with Crippen LogP contribution < -0.4 is 0 Å². The van der Waals surface area contributed by atoms with Gasteiger partial charge in [0.2, 0.25) is 17.4 Å². The Labute approximate surface area is 776 Å². The van der Waals surface area contributed by atoms with E-state index in [0.29, 0.717) is 0 Å². The van der Waals surface area contributed by atoms with Crippen molar-refractivity contribution in [3.8, 4) is 0 Å². The van der Waals surface area contributed by atoms with E-state index in [0.717, 1.165) is 0 Å². The summed E-state index contributed by atoms with van der Waals surface area (Å²) < 4.78 is 91.0. The lowest BCUT2D eigenvalue weighted by atomic mass is 9.96. The van der Waals surface area contributed by atoms with Crippen LogP contribution in [0.1, 0.15) is 0 Å². The van der Waals surface area contributed by atoms with Crippen LogP contribution in [0.2, 0.25) is 0 Å². The Kier molecular flexibility index (Phi) is 47.9. The largest absolute Gasteiger partial charge is 0.394 e. The van der Waals surface area contributed by atoms with Crippen LogP contribution in [0.4, 0.5) is 0 Å². The molecule has 48 N–H and O–H groups in total. The topological polar surface area (TPSA) is 1140 Å². The first-order chi connectivity index (χ1) is 64.7. The van der Waals surface area contributed by atoms with E-state index in [1.54, 1.807) is 0 Å². The molecule has 0 aromatic carbocycles. The minimum absolute atomic E-state index is 0.466. The maximum Gasteiger partial charge on any atom is 0.219 e. The highest BCUT2D eigenvalue weighted by molar-refractivity contribution is 5.03. The summed E-state index contributed by atoms with van der Waals surface area (Å²) in [5, 5.41) is 460. The monoisotopic (exact) mass is 2050 g/mol. The van der Waals surface area contributed by atoms with Gasteiger partial charge in [0.25, 0.3) is 0 Å². The molecule has 138 heavy (non-hydrogen) atoms. The molecule has 0 aromatic heterocycles. The third-order valence-electron chi connectivity index (χ3n) is 24.0. The van der Waals surface area contributed by atoms with Gasteiger partial charge in [-0.15, -0.1) is 0 Å². The fourth-order valence-electron chi connectivity index (χ4n) is 15.4. The van der Waals surface area contributed by atoms with E-state index in [4.69, 9.17) is 136 Å². The van der Waals surface area contributed by atoms with Crippen LogP contribution in [0.15, 0.2) is 0 Å². The predicted molar refractivity (Wildman–Crippen MR) is 412 cm³/mol. The van der Waals surface area contributed by atoms with Gasteiger partial charge in [-0.05, 0) is 0 Å². The number of hydrogen-bond donors (Lipinski definition) is 48. The molecule has 0 radical (unpaired) electrons. The fourth-order valence-corrected chi connectivity index (χ4v) is 15.4.